The van der Waals surface area contributed by atoms with Crippen LogP contribution in [0.1, 0.15) is 99.6 Å². The zero-order valence-electron chi connectivity index (χ0n) is 24.6. The van der Waals surface area contributed by atoms with E-state index in [0.29, 0.717) is 11.8 Å². The predicted molar refractivity (Wildman–Crippen MR) is 170 cm³/mol. The summed E-state index contributed by atoms with van der Waals surface area (Å²) in [6, 6.07) is 25.0. The van der Waals surface area contributed by atoms with Crippen molar-refractivity contribution in [1.82, 2.24) is 0 Å². The van der Waals surface area contributed by atoms with Gasteiger partial charge in [0.15, 0.2) is 0 Å². The number of allylic oxidation sites excluding steroid dienone is 2. The van der Waals surface area contributed by atoms with Crippen molar-refractivity contribution >= 4 is 27.5 Å². The van der Waals surface area contributed by atoms with Gasteiger partial charge in [0.1, 0.15) is 0 Å². The first-order valence-corrected chi connectivity index (χ1v) is 33.0. The van der Waals surface area contributed by atoms with Gasteiger partial charge in [-0.25, -0.2) is 0 Å². The molecular formula is C35H45ClSiZr. The molecule has 3 heteroatoms. The minimum absolute atomic E-state index is 0.197. The Kier molecular flexibility index (Phi) is 5.95. The molecular weight excluding hydrogens is 575 g/mol. The van der Waals surface area contributed by atoms with Crippen LogP contribution in [0.4, 0.5) is 0 Å². The SMILES string of the molecule is CC1=Cc2c(C(C)C)cccc2[CH]1[Zr]([CH3])([CH3])(=[SiH2])([Cl])([CH2]c1ccccc1)[CH]1C(C)=Cc2c(C(C)C)cccc21. The molecule has 2 aliphatic rings. The van der Waals surface area contributed by atoms with Crippen molar-refractivity contribution in [3.63, 3.8) is 0 Å². The molecule has 0 aromatic heterocycles. The monoisotopic (exact) mass is 618 g/mol. The Labute approximate surface area is 230 Å². The van der Waals surface area contributed by atoms with Gasteiger partial charge >= 0.3 is 232 Å². The fourth-order valence-corrected chi connectivity index (χ4v) is 46.6. The third-order valence-electron chi connectivity index (χ3n) is 10.2. The van der Waals surface area contributed by atoms with Crippen LogP contribution in [0.2, 0.25) is 9.26 Å². The van der Waals surface area contributed by atoms with E-state index < -0.39 is 13.2 Å². The van der Waals surface area contributed by atoms with E-state index in [1.165, 1.54) is 50.1 Å². The Morgan fingerprint density at radius 1 is 0.684 bits per heavy atom. The second-order valence-electron chi connectivity index (χ2n) is 15.5. The van der Waals surface area contributed by atoms with Crippen LogP contribution in [0, 0.1) is 0 Å². The zero-order valence-corrected chi connectivity index (χ0v) is 29.2. The van der Waals surface area contributed by atoms with Crippen molar-refractivity contribution < 1.29 is 13.2 Å². The average Bonchev–Trinajstić information content (AvgIpc) is 3.35. The van der Waals surface area contributed by atoms with Gasteiger partial charge in [-0.2, -0.15) is 0 Å². The molecule has 38 heavy (non-hydrogen) atoms. The first-order chi connectivity index (χ1) is 17.5. The molecule has 0 aliphatic heterocycles. The van der Waals surface area contributed by atoms with Crippen molar-refractivity contribution in [3.8, 4) is 0 Å². The Morgan fingerprint density at radius 2 is 1.11 bits per heavy atom. The molecule has 2 aliphatic carbocycles. The van der Waals surface area contributed by atoms with Crippen molar-refractivity contribution in [2.75, 3.05) is 0 Å². The van der Waals surface area contributed by atoms with Gasteiger partial charge in [-0.15, -0.1) is 0 Å². The maximum absolute atomic E-state index is 9.08. The fourth-order valence-electron chi connectivity index (χ4n) is 9.34. The number of benzene rings is 3. The van der Waals surface area contributed by atoms with Gasteiger partial charge in [-0.1, -0.05) is 0 Å². The van der Waals surface area contributed by atoms with Gasteiger partial charge in [0.25, 0.3) is 0 Å². The fraction of sp³-hybridized carbons (Fsp3) is 0.371. The summed E-state index contributed by atoms with van der Waals surface area (Å²) in [7, 11) is 9.08. The van der Waals surface area contributed by atoms with Gasteiger partial charge in [0.2, 0.25) is 0 Å². The molecule has 0 fully saturated rings. The quantitative estimate of drug-likeness (QED) is 0.241. The molecule has 0 heterocycles. The first-order valence-electron chi connectivity index (χ1n) is 14.4. The van der Waals surface area contributed by atoms with E-state index in [0.717, 1.165) is 4.13 Å². The number of hydrogen-bond acceptors (Lipinski definition) is 0. The summed E-state index contributed by atoms with van der Waals surface area (Å²) in [5.41, 5.74) is 12.8. The third kappa shape index (κ3) is 4.00. The van der Waals surface area contributed by atoms with Crippen LogP contribution < -0.4 is 0 Å². The molecule has 0 saturated carbocycles. The standard InChI is InChI=1S/2C13H15.C7H7.2CH3.ClH.H2Si.Zr/c2*1-9(2)12-6-4-5-11-7-10(3)8-13(11)12;1-7-5-3-2-4-6-7;;;;;/h2*4-9H,1-3H3;2-6H,1H2;2*1H3;1H;1H2;/q;;;;;;;+1/p-1. The molecule has 0 radical (unpaired) electrons. The van der Waals surface area contributed by atoms with E-state index >= 15 is 0 Å². The van der Waals surface area contributed by atoms with E-state index in [1.54, 1.807) is 0 Å². The second kappa shape index (κ2) is 8.05. The molecule has 0 N–H and O–H groups in total. The van der Waals surface area contributed by atoms with Crippen LogP contribution in [0.5, 0.6) is 0 Å². The van der Waals surface area contributed by atoms with Crippen molar-refractivity contribution in [2.24, 2.45) is 0 Å². The molecule has 2 unspecified atom stereocenters. The Hall–Kier alpha value is -1.47. The molecule has 200 valence electrons. The van der Waals surface area contributed by atoms with Gasteiger partial charge in [-0.05, 0) is 0 Å². The Morgan fingerprint density at radius 3 is 1.50 bits per heavy atom. The van der Waals surface area contributed by atoms with Crippen LogP contribution in [0.3, 0.4) is 0 Å². The number of halogens is 1. The van der Waals surface area contributed by atoms with Crippen LogP contribution in [-0.4, -0.2) is 6.88 Å². The van der Waals surface area contributed by atoms with Crippen LogP contribution in [-0.2, 0) is 17.4 Å². The summed E-state index contributed by atoms with van der Waals surface area (Å²) in [4.78, 5) is 0. The summed E-state index contributed by atoms with van der Waals surface area (Å²) in [5.74, 6) is 0.941. The van der Waals surface area contributed by atoms with Crippen LogP contribution in [0.15, 0.2) is 77.9 Å². The van der Waals surface area contributed by atoms with Crippen molar-refractivity contribution in [3.05, 3.63) is 117 Å². The van der Waals surface area contributed by atoms with Crippen molar-refractivity contribution in [1.29, 1.82) is 0 Å². The molecule has 0 nitrogen and oxygen atoms in total. The first kappa shape index (κ1) is 28.1. The molecule has 3 aromatic carbocycles. The molecule has 3 aromatic rings. The summed E-state index contributed by atoms with van der Waals surface area (Å²) in [5, 5.41) is 0. The van der Waals surface area contributed by atoms with Crippen LogP contribution in [0.25, 0.3) is 12.2 Å². The van der Waals surface area contributed by atoms with E-state index in [1.807, 2.05) is 0 Å². The molecule has 0 bridgehead atoms. The molecule has 2 atom stereocenters. The third-order valence-corrected chi connectivity index (χ3v) is 40.7. The van der Waals surface area contributed by atoms with E-state index in [9.17, 15) is 0 Å². The van der Waals surface area contributed by atoms with Gasteiger partial charge < -0.3 is 0 Å². The van der Waals surface area contributed by atoms with Gasteiger partial charge in [-0.3, -0.25) is 0 Å². The normalized spacial score (nSPS) is 21.7. The number of hydrogen-bond donors (Lipinski definition) is 0. The molecule has 0 saturated heterocycles. The maximum atomic E-state index is 9.08. The van der Waals surface area contributed by atoms with E-state index in [-0.39, 0.29) is 7.25 Å². The van der Waals surface area contributed by atoms with Crippen molar-refractivity contribution in [2.45, 2.75) is 74.0 Å². The average molecular weight is 621 g/mol. The molecule has 0 amide bonds. The summed E-state index contributed by atoms with van der Waals surface area (Å²) >= 11 is -5.50. The predicted octanol–water partition coefficient (Wildman–Crippen LogP) is 10.3. The second-order valence-corrected chi connectivity index (χ2v) is 75.7. The van der Waals surface area contributed by atoms with Gasteiger partial charge in [0.05, 0.1) is 0 Å². The minimum atomic E-state index is -5.50. The summed E-state index contributed by atoms with van der Waals surface area (Å²) in [6.45, 7) is 16.2. The van der Waals surface area contributed by atoms with E-state index in [4.69, 9.17) is 8.51 Å². The topological polar surface area (TPSA) is 0 Å². The number of rotatable bonds is 6. The van der Waals surface area contributed by atoms with E-state index in [2.05, 4.69) is 137 Å². The zero-order chi connectivity index (χ0) is 27.8. The van der Waals surface area contributed by atoms with Gasteiger partial charge in [0, 0.05) is 0 Å². The van der Waals surface area contributed by atoms with Crippen LogP contribution >= 0.6 is 8.51 Å². The Balaban J connectivity index is 1.92. The Bertz CT molecular complexity index is 1560. The number of fused-ring (bicyclic) bond motifs is 2. The molecule has 5 rings (SSSR count). The molecule has 0 spiro atoms. The summed E-state index contributed by atoms with van der Waals surface area (Å²) < 4.78 is 6.51. The summed E-state index contributed by atoms with van der Waals surface area (Å²) in [6.07, 6.45) is 4.96.